The Labute approximate surface area is 315 Å². The van der Waals surface area contributed by atoms with Gasteiger partial charge in [-0.3, -0.25) is 9.59 Å². The number of amides is 1. The molecule has 0 aliphatic heterocycles. The van der Waals surface area contributed by atoms with Crippen LogP contribution in [-0.4, -0.2) is 46.9 Å². The second-order valence-electron chi connectivity index (χ2n) is 14.7. The number of unbranched alkanes of at least 4 members (excludes halogenated alkanes) is 20. The van der Waals surface area contributed by atoms with Gasteiger partial charge in [0.05, 0.1) is 25.2 Å². The Bertz CT molecular complexity index is 854. The highest BCUT2D eigenvalue weighted by molar-refractivity contribution is 5.77. The third-order valence-corrected chi connectivity index (χ3v) is 9.73. The SMILES string of the molecule is CC/C=C/C/C=C/C/C=C/CCCCC(CC(=O)NC(CO)C(O)CCCCCCCCCCCC)OC(=O)CCCCCCCCCCCC. The fourth-order valence-corrected chi connectivity index (χ4v) is 6.44. The smallest absolute Gasteiger partial charge is 0.306 e. The number of carbonyl (C=O) groups is 2. The number of aliphatic hydroxyl groups excluding tert-OH is 2. The number of allylic oxidation sites excluding steroid dienone is 6. The first-order chi connectivity index (χ1) is 25.0. The number of ether oxygens (including phenoxy) is 1. The molecule has 6 nitrogen and oxygen atoms in total. The van der Waals surface area contributed by atoms with Gasteiger partial charge in [-0.1, -0.05) is 179 Å². The minimum absolute atomic E-state index is 0.0539. The Morgan fingerprint density at radius 2 is 1.06 bits per heavy atom. The van der Waals surface area contributed by atoms with E-state index in [1.165, 1.54) is 89.9 Å². The molecule has 0 saturated carbocycles. The van der Waals surface area contributed by atoms with Crippen molar-refractivity contribution in [1.82, 2.24) is 5.32 Å². The van der Waals surface area contributed by atoms with Gasteiger partial charge in [-0.05, 0) is 57.8 Å². The molecule has 298 valence electrons. The number of rotatable bonds is 38. The largest absolute Gasteiger partial charge is 0.462 e. The van der Waals surface area contributed by atoms with Crippen LogP contribution >= 0.6 is 0 Å². The summed E-state index contributed by atoms with van der Waals surface area (Å²) < 4.78 is 5.86. The highest BCUT2D eigenvalue weighted by Crippen LogP contribution is 2.17. The number of nitrogens with one attached hydrogen (secondary N) is 1. The van der Waals surface area contributed by atoms with Crippen LogP contribution in [0.25, 0.3) is 0 Å². The van der Waals surface area contributed by atoms with E-state index in [1.54, 1.807) is 0 Å². The van der Waals surface area contributed by atoms with Crippen molar-refractivity contribution >= 4 is 11.9 Å². The van der Waals surface area contributed by atoms with Crippen molar-refractivity contribution in [2.75, 3.05) is 6.61 Å². The van der Waals surface area contributed by atoms with Crippen molar-refractivity contribution in [3.05, 3.63) is 36.5 Å². The van der Waals surface area contributed by atoms with Crippen LogP contribution in [-0.2, 0) is 14.3 Å². The zero-order valence-electron chi connectivity index (χ0n) is 33.7. The molecule has 0 aromatic rings. The fourth-order valence-electron chi connectivity index (χ4n) is 6.44. The lowest BCUT2D eigenvalue weighted by atomic mass is 10.0. The van der Waals surface area contributed by atoms with Gasteiger partial charge in [0.2, 0.25) is 5.91 Å². The zero-order chi connectivity index (χ0) is 37.5. The van der Waals surface area contributed by atoms with E-state index in [9.17, 15) is 19.8 Å². The van der Waals surface area contributed by atoms with Crippen LogP contribution in [0.1, 0.15) is 213 Å². The highest BCUT2D eigenvalue weighted by atomic mass is 16.5. The molecule has 3 N–H and O–H groups in total. The van der Waals surface area contributed by atoms with E-state index in [0.29, 0.717) is 19.3 Å². The maximum Gasteiger partial charge on any atom is 0.306 e. The molecule has 0 heterocycles. The van der Waals surface area contributed by atoms with Crippen LogP contribution in [0.3, 0.4) is 0 Å². The molecule has 6 heteroatoms. The Balaban J connectivity index is 4.66. The third-order valence-electron chi connectivity index (χ3n) is 9.73. The Morgan fingerprint density at radius 1 is 0.588 bits per heavy atom. The number of hydrogen-bond donors (Lipinski definition) is 3. The van der Waals surface area contributed by atoms with Gasteiger partial charge in [0.15, 0.2) is 0 Å². The molecule has 0 radical (unpaired) electrons. The molecular weight excluding hydrogens is 634 g/mol. The Kier molecular flexibility index (Phi) is 37.8. The second kappa shape index (κ2) is 39.3. The van der Waals surface area contributed by atoms with Crippen molar-refractivity contribution in [2.45, 2.75) is 232 Å². The molecule has 0 aromatic carbocycles. The monoisotopic (exact) mass is 718 g/mol. The van der Waals surface area contributed by atoms with Crippen LogP contribution < -0.4 is 5.32 Å². The summed E-state index contributed by atoms with van der Waals surface area (Å²) in [7, 11) is 0. The molecule has 3 atom stereocenters. The van der Waals surface area contributed by atoms with E-state index >= 15 is 0 Å². The van der Waals surface area contributed by atoms with E-state index < -0.39 is 18.2 Å². The quantitative estimate of drug-likeness (QED) is 0.0336. The zero-order valence-corrected chi connectivity index (χ0v) is 33.7. The van der Waals surface area contributed by atoms with Gasteiger partial charge in [0.25, 0.3) is 0 Å². The summed E-state index contributed by atoms with van der Waals surface area (Å²) in [5.74, 6) is -0.513. The molecule has 3 unspecified atom stereocenters. The van der Waals surface area contributed by atoms with Crippen LogP contribution in [0.4, 0.5) is 0 Å². The third kappa shape index (κ3) is 34.9. The van der Waals surface area contributed by atoms with Gasteiger partial charge in [-0.2, -0.15) is 0 Å². The average Bonchev–Trinajstić information content (AvgIpc) is 3.12. The van der Waals surface area contributed by atoms with Crippen LogP contribution in [0.2, 0.25) is 0 Å². The predicted molar refractivity (Wildman–Crippen MR) is 218 cm³/mol. The standard InChI is InChI=1S/C45H83NO5/c1-4-7-10-13-16-19-22-23-24-27-30-33-36-41(51-45(50)38-35-32-29-26-21-18-15-12-9-6-3)39-44(49)46-42(40-47)43(48)37-34-31-28-25-20-17-14-11-8-5-2/h7,10,16,19,23-24,41-43,47-48H,4-6,8-9,11-15,17-18,20-22,25-40H2,1-3H3,(H,46,49)/b10-7+,19-16+,24-23+. The molecular formula is C45H83NO5. The molecule has 0 saturated heterocycles. The summed E-state index contributed by atoms with van der Waals surface area (Å²) in [4.78, 5) is 25.9. The normalized spacial score (nSPS) is 13.7. The molecule has 0 aliphatic carbocycles. The Hall–Kier alpha value is -1.92. The molecule has 51 heavy (non-hydrogen) atoms. The molecule has 0 aliphatic rings. The Morgan fingerprint density at radius 3 is 1.59 bits per heavy atom. The van der Waals surface area contributed by atoms with E-state index in [0.717, 1.165) is 77.0 Å². The molecule has 0 rings (SSSR count). The lowest BCUT2D eigenvalue weighted by molar-refractivity contribution is -0.151. The molecule has 0 fully saturated rings. The fraction of sp³-hybridized carbons (Fsp3) is 0.822. The molecule has 0 aromatic heterocycles. The second-order valence-corrected chi connectivity index (χ2v) is 14.7. The summed E-state index contributed by atoms with van der Waals surface area (Å²) in [6, 6.07) is -0.707. The number of esters is 1. The van der Waals surface area contributed by atoms with Crippen LogP contribution in [0.5, 0.6) is 0 Å². The van der Waals surface area contributed by atoms with E-state index in [4.69, 9.17) is 4.74 Å². The summed E-state index contributed by atoms with van der Waals surface area (Å²) in [6.45, 7) is 6.31. The van der Waals surface area contributed by atoms with Crippen molar-refractivity contribution in [3.63, 3.8) is 0 Å². The maximum atomic E-state index is 13.1. The first kappa shape index (κ1) is 49.1. The topological polar surface area (TPSA) is 95.9 Å². The lowest BCUT2D eigenvalue weighted by Crippen LogP contribution is -2.46. The van der Waals surface area contributed by atoms with E-state index in [-0.39, 0.29) is 24.9 Å². The first-order valence-corrected chi connectivity index (χ1v) is 21.7. The van der Waals surface area contributed by atoms with Crippen molar-refractivity contribution < 1.29 is 24.5 Å². The van der Waals surface area contributed by atoms with Crippen LogP contribution in [0, 0.1) is 0 Å². The van der Waals surface area contributed by atoms with Gasteiger partial charge in [-0.25, -0.2) is 0 Å². The van der Waals surface area contributed by atoms with E-state index in [2.05, 4.69) is 62.5 Å². The number of aliphatic hydroxyl groups is 2. The molecule has 0 spiro atoms. The van der Waals surface area contributed by atoms with E-state index in [1.807, 2.05) is 0 Å². The summed E-state index contributed by atoms with van der Waals surface area (Å²) in [5.41, 5.74) is 0. The van der Waals surface area contributed by atoms with Gasteiger partial charge >= 0.3 is 5.97 Å². The maximum absolute atomic E-state index is 13.1. The van der Waals surface area contributed by atoms with Gasteiger partial charge in [-0.15, -0.1) is 0 Å². The van der Waals surface area contributed by atoms with Crippen LogP contribution in [0.15, 0.2) is 36.5 Å². The number of carbonyl (C=O) groups excluding carboxylic acids is 2. The summed E-state index contributed by atoms with van der Waals surface area (Å²) >= 11 is 0. The highest BCUT2D eigenvalue weighted by Gasteiger charge is 2.24. The molecule has 0 bridgehead atoms. The predicted octanol–water partition coefficient (Wildman–Crippen LogP) is 12.2. The minimum atomic E-state index is -0.792. The first-order valence-electron chi connectivity index (χ1n) is 21.7. The van der Waals surface area contributed by atoms with Crippen molar-refractivity contribution in [3.8, 4) is 0 Å². The van der Waals surface area contributed by atoms with Gasteiger partial charge < -0.3 is 20.3 Å². The summed E-state index contributed by atoms with van der Waals surface area (Å²) in [5, 5.41) is 23.5. The molecule has 1 amide bonds. The van der Waals surface area contributed by atoms with Gasteiger partial charge in [0, 0.05) is 6.42 Å². The van der Waals surface area contributed by atoms with Gasteiger partial charge in [0.1, 0.15) is 6.10 Å². The lowest BCUT2D eigenvalue weighted by Gasteiger charge is -2.24. The average molecular weight is 718 g/mol. The summed E-state index contributed by atoms with van der Waals surface area (Å²) in [6.07, 6.45) is 43.5. The minimum Gasteiger partial charge on any atom is -0.462 e. The van der Waals surface area contributed by atoms with Crippen molar-refractivity contribution in [2.24, 2.45) is 0 Å². The van der Waals surface area contributed by atoms with Crippen molar-refractivity contribution in [1.29, 1.82) is 0 Å². The number of hydrogen-bond acceptors (Lipinski definition) is 5.